The number of aromatic nitrogens is 2. The van der Waals surface area contributed by atoms with Crippen molar-refractivity contribution in [2.24, 2.45) is 5.18 Å². The van der Waals surface area contributed by atoms with E-state index in [0.29, 0.717) is 43.4 Å². The van der Waals surface area contributed by atoms with Crippen LogP contribution in [0.4, 0.5) is 11.6 Å². The first-order valence-corrected chi connectivity index (χ1v) is 10.6. The molecule has 6 nitrogen and oxygen atoms in total. The number of thioether (sulfide) groups is 1. The Morgan fingerprint density at radius 3 is 2.63 bits per heavy atom. The molecule has 1 aromatic heterocycles. The summed E-state index contributed by atoms with van der Waals surface area (Å²) in [6.07, 6.45) is 0. The molecule has 0 aliphatic rings. The van der Waals surface area contributed by atoms with Crippen LogP contribution in [-0.4, -0.2) is 15.9 Å². The predicted molar refractivity (Wildman–Crippen MR) is 122 cm³/mol. The van der Waals surface area contributed by atoms with Gasteiger partial charge in [-0.15, -0.1) is 16.7 Å². The van der Waals surface area contributed by atoms with Crippen molar-refractivity contribution in [2.75, 3.05) is 5.32 Å². The predicted octanol–water partition coefficient (Wildman–Crippen LogP) is 6.81. The fourth-order valence-corrected chi connectivity index (χ4v) is 4.31. The molecule has 0 aliphatic heterocycles. The Balaban J connectivity index is 1.71. The zero-order valence-electron chi connectivity index (χ0n) is 15.4. The van der Waals surface area contributed by atoms with E-state index in [1.165, 1.54) is 11.8 Å². The monoisotopic (exact) mass is 456 g/mol. The number of carbonyl (C=O) groups excluding carboxylic acids is 1. The summed E-state index contributed by atoms with van der Waals surface area (Å²) < 4.78 is 0. The van der Waals surface area contributed by atoms with Crippen LogP contribution in [0.25, 0.3) is 11.0 Å². The molecule has 0 bridgehead atoms. The molecule has 9 heteroatoms. The number of hydrogen-bond donors (Lipinski definition) is 2. The number of carbonyl (C=O) groups is 1. The quantitative estimate of drug-likeness (QED) is 0.245. The lowest BCUT2D eigenvalue weighted by atomic mass is 10.2. The van der Waals surface area contributed by atoms with Crippen LogP contribution in [0.2, 0.25) is 10.0 Å². The largest absolute Gasteiger partial charge is 0.324 e. The number of H-pyrrole nitrogens is 1. The average molecular weight is 457 g/mol. The van der Waals surface area contributed by atoms with Crippen molar-refractivity contribution in [3.05, 3.63) is 86.7 Å². The summed E-state index contributed by atoms with van der Waals surface area (Å²) in [7, 11) is 0. The van der Waals surface area contributed by atoms with E-state index in [2.05, 4.69) is 20.5 Å². The van der Waals surface area contributed by atoms with Gasteiger partial charge in [0.1, 0.15) is 5.52 Å². The Kier molecular flexibility index (Phi) is 6.03. The highest BCUT2D eigenvalue weighted by molar-refractivity contribution is 7.98. The van der Waals surface area contributed by atoms with E-state index < -0.39 is 5.91 Å². The number of rotatable bonds is 6. The van der Waals surface area contributed by atoms with Gasteiger partial charge in [-0.25, -0.2) is 4.98 Å². The zero-order chi connectivity index (χ0) is 21.1. The molecule has 0 unspecified atom stereocenters. The van der Waals surface area contributed by atoms with Crippen molar-refractivity contribution in [2.45, 2.75) is 10.6 Å². The van der Waals surface area contributed by atoms with Crippen LogP contribution in [0.5, 0.6) is 0 Å². The Hall–Kier alpha value is -2.87. The molecular formula is C21H14Cl2N4O2S. The molecule has 1 heterocycles. The van der Waals surface area contributed by atoms with Gasteiger partial charge in [0.05, 0.1) is 26.8 Å². The summed E-state index contributed by atoms with van der Waals surface area (Å²) in [6, 6.07) is 18.6. The van der Waals surface area contributed by atoms with Gasteiger partial charge >= 0.3 is 5.91 Å². The number of nitrogens with one attached hydrogen (secondary N) is 2. The number of nitroso groups, excluding NO2 is 1. The Labute approximate surface area is 186 Å². The van der Waals surface area contributed by atoms with E-state index in [9.17, 15) is 9.70 Å². The van der Waals surface area contributed by atoms with Crippen molar-refractivity contribution in [3.8, 4) is 0 Å². The molecule has 0 aliphatic carbocycles. The summed E-state index contributed by atoms with van der Waals surface area (Å²) in [5.74, 6) is 0.133. The third kappa shape index (κ3) is 4.18. The van der Waals surface area contributed by atoms with E-state index in [1.807, 2.05) is 36.4 Å². The van der Waals surface area contributed by atoms with Crippen LogP contribution in [0.1, 0.15) is 15.9 Å². The number of hydrogen-bond acceptors (Lipinski definition) is 5. The van der Waals surface area contributed by atoms with E-state index in [0.717, 1.165) is 5.56 Å². The average Bonchev–Trinajstić information content (AvgIpc) is 3.17. The molecule has 1 amide bonds. The topological polar surface area (TPSA) is 87.2 Å². The third-order valence-electron chi connectivity index (χ3n) is 4.35. The fourth-order valence-electron chi connectivity index (χ4n) is 2.95. The lowest BCUT2D eigenvalue weighted by Crippen LogP contribution is -1.99. The molecule has 4 rings (SSSR count). The SMILES string of the molecule is O=NC(=O)c1c(SCc2ccccc2)ccc2[nH]c(Nc3cccc(Cl)c3Cl)nc12. The van der Waals surface area contributed by atoms with Gasteiger partial charge in [0.25, 0.3) is 0 Å². The highest BCUT2D eigenvalue weighted by atomic mass is 35.5. The maximum atomic E-state index is 12.3. The molecule has 30 heavy (non-hydrogen) atoms. The number of nitrogens with zero attached hydrogens (tertiary/aromatic N) is 2. The number of aromatic amines is 1. The minimum Gasteiger partial charge on any atom is -0.324 e. The van der Waals surface area contributed by atoms with E-state index >= 15 is 0 Å². The summed E-state index contributed by atoms with van der Waals surface area (Å²) in [6.45, 7) is 0. The highest BCUT2D eigenvalue weighted by Crippen LogP contribution is 2.34. The summed E-state index contributed by atoms with van der Waals surface area (Å²) in [4.78, 5) is 31.6. The molecule has 0 radical (unpaired) electrons. The van der Waals surface area contributed by atoms with Crippen molar-refractivity contribution < 1.29 is 4.79 Å². The first-order chi connectivity index (χ1) is 14.6. The molecule has 0 saturated carbocycles. The van der Waals surface area contributed by atoms with Gasteiger partial charge < -0.3 is 10.3 Å². The van der Waals surface area contributed by atoms with Gasteiger partial charge in [0, 0.05) is 15.8 Å². The number of benzene rings is 3. The van der Waals surface area contributed by atoms with E-state index in [-0.39, 0.29) is 5.56 Å². The number of anilines is 2. The molecule has 2 N–H and O–H groups in total. The van der Waals surface area contributed by atoms with Gasteiger partial charge in [-0.2, -0.15) is 0 Å². The Morgan fingerprint density at radius 2 is 1.87 bits per heavy atom. The van der Waals surface area contributed by atoms with Gasteiger partial charge in [-0.1, -0.05) is 59.6 Å². The molecule has 3 aromatic carbocycles. The van der Waals surface area contributed by atoms with Crippen LogP contribution < -0.4 is 5.32 Å². The van der Waals surface area contributed by atoms with Crippen LogP contribution in [0.3, 0.4) is 0 Å². The summed E-state index contributed by atoms with van der Waals surface area (Å²) in [5, 5.41) is 6.44. The van der Waals surface area contributed by atoms with Gasteiger partial charge in [0.2, 0.25) is 5.95 Å². The zero-order valence-corrected chi connectivity index (χ0v) is 17.7. The van der Waals surface area contributed by atoms with E-state index in [4.69, 9.17) is 23.2 Å². The standard InChI is InChI=1S/C21H14Cl2N4O2S/c22-13-7-4-8-14(18(13)23)24-21-25-15-9-10-16(17(19(15)26-21)20(28)27-29)30-11-12-5-2-1-3-6-12/h1-10H,11H2,(H2,24,25,26). The second kappa shape index (κ2) is 8.87. The number of imidazole rings is 1. The molecule has 4 aromatic rings. The Bertz CT molecular complexity index is 1240. The van der Waals surface area contributed by atoms with Crippen molar-refractivity contribution in [1.82, 2.24) is 9.97 Å². The first kappa shape index (κ1) is 20.4. The lowest BCUT2D eigenvalue weighted by Gasteiger charge is -2.06. The number of halogens is 2. The molecular weight excluding hydrogens is 443 g/mol. The highest BCUT2D eigenvalue weighted by Gasteiger charge is 2.20. The second-order valence-corrected chi connectivity index (χ2v) is 8.12. The smallest absolute Gasteiger partial charge is 0.320 e. The molecule has 0 saturated heterocycles. The maximum absolute atomic E-state index is 12.3. The number of fused-ring (bicyclic) bond motifs is 1. The summed E-state index contributed by atoms with van der Waals surface area (Å²) in [5.41, 5.74) is 2.78. The fraction of sp³-hybridized carbons (Fsp3) is 0.0476. The minimum atomic E-state index is -0.866. The second-order valence-electron chi connectivity index (χ2n) is 6.32. The number of amides is 1. The van der Waals surface area contributed by atoms with Crippen LogP contribution in [-0.2, 0) is 5.75 Å². The van der Waals surface area contributed by atoms with Gasteiger partial charge in [-0.3, -0.25) is 4.79 Å². The van der Waals surface area contributed by atoms with Crippen molar-refractivity contribution in [1.29, 1.82) is 0 Å². The maximum Gasteiger partial charge on any atom is 0.320 e. The summed E-state index contributed by atoms with van der Waals surface area (Å²) >= 11 is 13.7. The molecule has 0 fully saturated rings. The van der Waals surface area contributed by atoms with E-state index in [1.54, 1.807) is 24.3 Å². The van der Waals surface area contributed by atoms with Crippen LogP contribution >= 0.6 is 35.0 Å². The molecule has 0 atom stereocenters. The lowest BCUT2D eigenvalue weighted by molar-refractivity contribution is 0.0999. The Morgan fingerprint density at radius 1 is 1.07 bits per heavy atom. The van der Waals surface area contributed by atoms with Crippen molar-refractivity contribution in [3.63, 3.8) is 0 Å². The first-order valence-electron chi connectivity index (χ1n) is 8.85. The van der Waals surface area contributed by atoms with Crippen LogP contribution in [0, 0.1) is 4.91 Å². The van der Waals surface area contributed by atoms with Crippen molar-refractivity contribution >= 4 is 63.5 Å². The molecule has 150 valence electrons. The van der Waals surface area contributed by atoms with Gasteiger partial charge in [-0.05, 0) is 29.8 Å². The van der Waals surface area contributed by atoms with Crippen LogP contribution in [0.15, 0.2) is 70.7 Å². The normalized spacial score (nSPS) is 10.9. The van der Waals surface area contributed by atoms with Gasteiger partial charge in [0.15, 0.2) is 0 Å². The molecule has 0 spiro atoms. The third-order valence-corrected chi connectivity index (χ3v) is 6.30. The minimum absolute atomic E-state index is 0.171.